The van der Waals surface area contributed by atoms with Crippen LogP contribution in [0.1, 0.15) is 15.9 Å². The Balaban J connectivity index is 2.42. The van der Waals surface area contributed by atoms with E-state index in [2.05, 4.69) is 0 Å². The fourth-order valence-electron chi connectivity index (χ4n) is 1.96. The van der Waals surface area contributed by atoms with Gasteiger partial charge in [0.1, 0.15) is 5.56 Å². The van der Waals surface area contributed by atoms with Crippen LogP contribution >= 0.6 is 11.6 Å². The Morgan fingerprint density at radius 3 is 2.23 bits per heavy atom. The summed E-state index contributed by atoms with van der Waals surface area (Å²) in [5.74, 6) is -1.15. The van der Waals surface area contributed by atoms with Crippen molar-refractivity contribution < 1.29 is 27.8 Å². The first kappa shape index (κ1) is 19.1. The summed E-state index contributed by atoms with van der Waals surface area (Å²) >= 11 is 5.74. The van der Waals surface area contributed by atoms with E-state index < -0.39 is 50.1 Å². The lowest BCUT2D eigenvalue weighted by atomic mass is 10.1. The molecule has 0 aliphatic heterocycles. The number of nitro groups is 2. The van der Waals surface area contributed by atoms with Crippen LogP contribution in [-0.4, -0.2) is 15.8 Å². The number of nitrogens with one attached hydrogen (secondary N) is 1. The van der Waals surface area contributed by atoms with Gasteiger partial charge in [-0.05, 0) is 24.3 Å². The quantitative estimate of drug-likeness (QED) is 0.613. The second kappa shape index (κ2) is 6.96. The molecule has 136 valence electrons. The number of non-ortho nitro benzene ring substituents is 1. The first-order valence-corrected chi connectivity index (χ1v) is 6.99. The molecule has 0 spiro atoms. The van der Waals surface area contributed by atoms with Gasteiger partial charge in [0.15, 0.2) is 0 Å². The average molecular weight is 390 g/mol. The Kier molecular flexibility index (Phi) is 5.12. The minimum Gasteiger partial charge on any atom is -0.320 e. The van der Waals surface area contributed by atoms with Crippen molar-refractivity contribution in [3.63, 3.8) is 0 Å². The molecule has 2 aromatic rings. The van der Waals surface area contributed by atoms with Gasteiger partial charge in [-0.15, -0.1) is 0 Å². The number of alkyl halides is 3. The van der Waals surface area contributed by atoms with Crippen molar-refractivity contribution in [3.8, 4) is 0 Å². The van der Waals surface area contributed by atoms with Crippen LogP contribution in [0.25, 0.3) is 0 Å². The number of rotatable bonds is 4. The topological polar surface area (TPSA) is 115 Å². The van der Waals surface area contributed by atoms with Gasteiger partial charge >= 0.3 is 6.18 Å². The van der Waals surface area contributed by atoms with Gasteiger partial charge in [0, 0.05) is 6.07 Å². The molecule has 8 nitrogen and oxygen atoms in total. The van der Waals surface area contributed by atoms with E-state index in [4.69, 9.17) is 11.6 Å². The molecule has 0 saturated carbocycles. The third-order valence-corrected chi connectivity index (χ3v) is 3.50. The Morgan fingerprint density at radius 2 is 1.69 bits per heavy atom. The monoisotopic (exact) mass is 389 g/mol. The van der Waals surface area contributed by atoms with E-state index in [1.165, 1.54) is 0 Å². The predicted octanol–water partition coefficient (Wildman–Crippen LogP) is 4.43. The number of carbonyl (C=O) groups is 1. The molecule has 0 aliphatic carbocycles. The van der Waals surface area contributed by atoms with E-state index in [1.54, 1.807) is 0 Å². The van der Waals surface area contributed by atoms with Crippen molar-refractivity contribution in [1.29, 1.82) is 0 Å². The molecule has 1 amide bonds. The smallest absolute Gasteiger partial charge is 0.320 e. The van der Waals surface area contributed by atoms with E-state index in [0.717, 1.165) is 18.2 Å². The van der Waals surface area contributed by atoms with Crippen LogP contribution in [0.2, 0.25) is 5.02 Å². The third-order valence-electron chi connectivity index (χ3n) is 3.18. The molecular weight excluding hydrogens is 383 g/mol. The van der Waals surface area contributed by atoms with Crippen molar-refractivity contribution in [2.75, 3.05) is 5.32 Å². The summed E-state index contributed by atoms with van der Waals surface area (Å²) in [5.41, 5.74) is -3.58. The molecule has 26 heavy (non-hydrogen) atoms. The van der Waals surface area contributed by atoms with E-state index in [-0.39, 0.29) is 5.02 Å². The van der Waals surface area contributed by atoms with Gasteiger partial charge in [0.25, 0.3) is 17.3 Å². The standard InChI is InChI=1S/C14H7ClF3N3O5/c15-10-4-1-7(14(16,17)18)5-11(10)19-13(22)9-3-2-8(20(23)24)6-12(9)21(25)26/h1-6H,(H,19,22). The van der Waals surface area contributed by atoms with Crippen LogP contribution in [0.15, 0.2) is 36.4 Å². The van der Waals surface area contributed by atoms with Crippen molar-refractivity contribution >= 4 is 34.6 Å². The first-order valence-electron chi connectivity index (χ1n) is 6.61. The zero-order chi connectivity index (χ0) is 19.6. The molecule has 12 heteroatoms. The number of amides is 1. The summed E-state index contributed by atoms with van der Waals surface area (Å²) in [6.45, 7) is 0. The fraction of sp³-hybridized carbons (Fsp3) is 0.0714. The summed E-state index contributed by atoms with van der Waals surface area (Å²) in [7, 11) is 0. The second-order valence-electron chi connectivity index (χ2n) is 4.86. The largest absolute Gasteiger partial charge is 0.416 e. The molecule has 0 fully saturated rings. The summed E-state index contributed by atoms with van der Waals surface area (Å²) in [6, 6.07) is 4.43. The van der Waals surface area contributed by atoms with Crippen LogP contribution in [0.3, 0.4) is 0 Å². The number of nitrogens with zero attached hydrogens (tertiary/aromatic N) is 2. The Bertz CT molecular complexity index is 917. The van der Waals surface area contributed by atoms with Gasteiger partial charge in [-0.25, -0.2) is 0 Å². The summed E-state index contributed by atoms with van der Waals surface area (Å²) in [5, 5.41) is 23.5. The molecule has 2 aromatic carbocycles. The molecule has 1 N–H and O–H groups in total. The molecule has 0 saturated heterocycles. The lowest BCUT2D eigenvalue weighted by Crippen LogP contribution is -2.15. The van der Waals surface area contributed by atoms with Crippen molar-refractivity contribution in [1.82, 2.24) is 0 Å². The third kappa shape index (κ3) is 4.06. The van der Waals surface area contributed by atoms with Gasteiger partial charge < -0.3 is 5.32 Å². The van der Waals surface area contributed by atoms with Gasteiger partial charge in [-0.2, -0.15) is 13.2 Å². The highest BCUT2D eigenvalue weighted by Gasteiger charge is 2.31. The molecule has 0 bridgehead atoms. The van der Waals surface area contributed by atoms with Crippen LogP contribution < -0.4 is 5.32 Å². The lowest BCUT2D eigenvalue weighted by molar-refractivity contribution is -0.394. The number of nitro benzene ring substituents is 2. The number of carbonyl (C=O) groups excluding carboxylic acids is 1. The van der Waals surface area contributed by atoms with E-state index in [0.29, 0.717) is 18.2 Å². The van der Waals surface area contributed by atoms with Crippen LogP contribution in [0.4, 0.5) is 30.2 Å². The molecule has 0 atom stereocenters. The maximum atomic E-state index is 12.7. The van der Waals surface area contributed by atoms with Crippen molar-refractivity contribution in [2.24, 2.45) is 0 Å². The highest BCUT2D eigenvalue weighted by molar-refractivity contribution is 6.34. The van der Waals surface area contributed by atoms with E-state index in [1.807, 2.05) is 5.32 Å². The maximum Gasteiger partial charge on any atom is 0.416 e. The maximum absolute atomic E-state index is 12.7. The lowest BCUT2D eigenvalue weighted by Gasteiger charge is -2.11. The minimum atomic E-state index is -4.69. The second-order valence-corrected chi connectivity index (χ2v) is 5.27. The molecule has 0 radical (unpaired) electrons. The molecule has 0 aromatic heterocycles. The van der Waals surface area contributed by atoms with Crippen LogP contribution in [0.5, 0.6) is 0 Å². The Morgan fingerprint density at radius 1 is 1.04 bits per heavy atom. The summed E-state index contributed by atoms with van der Waals surface area (Å²) < 4.78 is 38.2. The zero-order valence-corrected chi connectivity index (χ0v) is 13.2. The Labute approximate surface area is 147 Å². The predicted molar refractivity (Wildman–Crippen MR) is 84.2 cm³/mol. The average Bonchev–Trinajstić information content (AvgIpc) is 2.55. The van der Waals surface area contributed by atoms with Crippen molar-refractivity contribution in [2.45, 2.75) is 6.18 Å². The highest BCUT2D eigenvalue weighted by atomic mass is 35.5. The molecule has 0 unspecified atom stereocenters. The molecular formula is C14H7ClF3N3O5. The van der Waals surface area contributed by atoms with Gasteiger partial charge in [0.05, 0.1) is 32.2 Å². The Hall–Kier alpha value is -3.21. The zero-order valence-electron chi connectivity index (χ0n) is 12.4. The van der Waals surface area contributed by atoms with E-state index in [9.17, 15) is 38.2 Å². The summed E-state index contributed by atoms with van der Waals surface area (Å²) in [4.78, 5) is 32.0. The number of benzene rings is 2. The summed E-state index contributed by atoms with van der Waals surface area (Å²) in [6.07, 6.45) is -4.69. The van der Waals surface area contributed by atoms with Crippen LogP contribution in [0, 0.1) is 20.2 Å². The van der Waals surface area contributed by atoms with Crippen molar-refractivity contribution in [3.05, 3.63) is 72.8 Å². The highest BCUT2D eigenvalue weighted by Crippen LogP contribution is 2.34. The number of halogens is 4. The number of hydrogen-bond donors (Lipinski definition) is 1. The number of hydrogen-bond acceptors (Lipinski definition) is 5. The first-order chi connectivity index (χ1) is 12.0. The minimum absolute atomic E-state index is 0.226. The van der Waals surface area contributed by atoms with Gasteiger partial charge in [-0.3, -0.25) is 25.0 Å². The van der Waals surface area contributed by atoms with E-state index >= 15 is 0 Å². The fourth-order valence-corrected chi connectivity index (χ4v) is 2.13. The number of anilines is 1. The molecule has 0 heterocycles. The SMILES string of the molecule is O=C(Nc1cc(C(F)(F)F)ccc1Cl)c1ccc([N+](=O)[O-])cc1[N+](=O)[O-]. The normalized spacial score (nSPS) is 11.1. The van der Waals surface area contributed by atoms with Crippen LogP contribution in [-0.2, 0) is 6.18 Å². The molecule has 0 aliphatic rings. The molecule has 2 rings (SSSR count). The van der Waals surface area contributed by atoms with Gasteiger partial charge in [-0.1, -0.05) is 11.6 Å². The van der Waals surface area contributed by atoms with Gasteiger partial charge in [0.2, 0.25) is 0 Å².